The maximum atomic E-state index is 12.5. The van der Waals surface area contributed by atoms with Gasteiger partial charge in [0.2, 0.25) is 11.8 Å². The molecule has 182 valence electrons. The lowest BCUT2D eigenvalue weighted by Crippen LogP contribution is -2.17. The van der Waals surface area contributed by atoms with Crippen LogP contribution in [0.5, 0.6) is 17.4 Å². The molecule has 0 saturated heterocycles. The van der Waals surface area contributed by atoms with E-state index in [1.54, 1.807) is 42.6 Å². The molecule has 36 heavy (non-hydrogen) atoms. The number of nitrogens with zero attached hydrogens (tertiary/aromatic N) is 1. The van der Waals surface area contributed by atoms with Crippen LogP contribution in [-0.4, -0.2) is 24.0 Å². The minimum absolute atomic E-state index is 0.0926. The number of pyridine rings is 1. The van der Waals surface area contributed by atoms with E-state index < -0.39 is 5.97 Å². The number of amides is 1. The molecule has 0 fully saturated rings. The van der Waals surface area contributed by atoms with E-state index in [4.69, 9.17) is 14.2 Å². The summed E-state index contributed by atoms with van der Waals surface area (Å²) in [4.78, 5) is 28.7. The van der Waals surface area contributed by atoms with Crippen LogP contribution in [0.1, 0.15) is 27.0 Å². The number of ether oxygens (including phenoxy) is 3. The number of methoxy groups -OCH3 is 1. The van der Waals surface area contributed by atoms with Gasteiger partial charge in [-0.2, -0.15) is 0 Å². The highest BCUT2D eigenvalue weighted by atomic mass is 16.5. The van der Waals surface area contributed by atoms with Gasteiger partial charge in [0.25, 0.3) is 0 Å². The number of benzene rings is 3. The Labute approximate surface area is 209 Å². The Bertz CT molecular complexity index is 1340. The zero-order chi connectivity index (χ0) is 25.3. The first-order valence-corrected chi connectivity index (χ1v) is 11.4. The summed E-state index contributed by atoms with van der Waals surface area (Å²) in [5.74, 6) is 1.04. The third-order valence-corrected chi connectivity index (χ3v) is 5.37. The average molecular weight is 483 g/mol. The highest BCUT2D eigenvalue weighted by Gasteiger charge is 2.14. The summed E-state index contributed by atoms with van der Waals surface area (Å²) in [6, 6.07) is 25.8. The first kappa shape index (κ1) is 24.5. The van der Waals surface area contributed by atoms with Crippen molar-refractivity contribution < 1.29 is 23.8 Å². The highest BCUT2D eigenvalue weighted by Crippen LogP contribution is 2.27. The minimum Gasteiger partial charge on any atom is -0.489 e. The monoisotopic (exact) mass is 482 g/mol. The van der Waals surface area contributed by atoms with Crippen LogP contribution in [0.3, 0.4) is 0 Å². The van der Waals surface area contributed by atoms with Gasteiger partial charge in [-0.15, -0.1) is 0 Å². The molecule has 0 bridgehead atoms. The molecular weight excluding hydrogens is 456 g/mol. The number of carbonyl (C=O) groups excluding carboxylic acids is 2. The second-order valence-corrected chi connectivity index (χ2v) is 8.07. The summed E-state index contributed by atoms with van der Waals surface area (Å²) < 4.78 is 16.5. The van der Waals surface area contributed by atoms with Crippen molar-refractivity contribution in [3.05, 3.63) is 113 Å². The van der Waals surface area contributed by atoms with Crippen LogP contribution in [0.15, 0.2) is 91.1 Å². The Morgan fingerprint density at radius 1 is 0.889 bits per heavy atom. The molecular formula is C29H26N2O5. The van der Waals surface area contributed by atoms with Crippen LogP contribution in [0.4, 0.5) is 5.69 Å². The van der Waals surface area contributed by atoms with E-state index in [0.29, 0.717) is 35.1 Å². The van der Waals surface area contributed by atoms with Crippen molar-refractivity contribution in [2.24, 2.45) is 0 Å². The van der Waals surface area contributed by atoms with E-state index in [0.717, 1.165) is 16.9 Å². The van der Waals surface area contributed by atoms with Gasteiger partial charge < -0.3 is 19.5 Å². The van der Waals surface area contributed by atoms with E-state index in [1.165, 1.54) is 7.11 Å². The number of esters is 1. The number of hydrogen-bond acceptors (Lipinski definition) is 6. The van der Waals surface area contributed by atoms with Crippen molar-refractivity contribution >= 4 is 17.6 Å². The van der Waals surface area contributed by atoms with Crippen molar-refractivity contribution in [3.8, 4) is 17.4 Å². The van der Waals surface area contributed by atoms with Gasteiger partial charge in [0.05, 0.1) is 24.8 Å². The summed E-state index contributed by atoms with van der Waals surface area (Å²) in [6.07, 6.45) is 1.68. The molecule has 7 nitrogen and oxygen atoms in total. The Morgan fingerprint density at radius 3 is 2.39 bits per heavy atom. The molecule has 0 aliphatic rings. The molecule has 4 rings (SSSR count). The normalized spacial score (nSPS) is 10.4. The largest absolute Gasteiger partial charge is 0.489 e. The second-order valence-electron chi connectivity index (χ2n) is 8.07. The van der Waals surface area contributed by atoms with Crippen molar-refractivity contribution in [1.29, 1.82) is 0 Å². The molecule has 1 N–H and O–H groups in total. The minimum atomic E-state index is -0.514. The first-order chi connectivity index (χ1) is 17.5. The smallest absolute Gasteiger partial charge is 0.339 e. The van der Waals surface area contributed by atoms with Gasteiger partial charge in [0.15, 0.2) is 0 Å². The Kier molecular flexibility index (Phi) is 7.93. The Hall–Kier alpha value is -4.65. The first-order valence-electron chi connectivity index (χ1n) is 11.4. The second kappa shape index (κ2) is 11.7. The van der Waals surface area contributed by atoms with E-state index in [2.05, 4.69) is 10.3 Å². The zero-order valence-electron chi connectivity index (χ0n) is 20.1. The maximum Gasteiger partial charge on any atom is 0.339 e. The van der Waals surface area contributed by atoms with E-state index in [-0.39, 0.29) is 12.3 Å². The molecule has 0 saturated carbocycles. The molecule has 0 aliphatic carbocycles. The van der Waals surface area contributed by atoms with Gasteiger partial charge in [-0.05, 0) is 53.9 Å². The van der Waals surface area contributed by atoms with Crippen LogP contribution in [0, 0.1) is 6.92 Å². The molecule has 3 aromatic carbocycles. The van der Waals surface area contributed by atoms with E-state index in [9.17, 15) is 9.59 Å². The number of nitrogens with one attached hydrogen (secondary N) is 1. The molecule has 1 aromatic heterocycles. The third-order valence-electron chi connectivity index (χ3n) is 5.37. The lowest BCUT2D eigenvalue weighted by molar-refractivity contribution is -0.115. The summed E-state index contributed by atoms with van der Waals surface area (Å²) in [6.45, 7) is 2.45. The van der Waals surface area contributed by atoms with Crippen molar-refractivity contribution in [3.63, 3.8) is 0 Å². The fourth-order valence-electron chi connectivity index (χ4n) is 3.54. The SMILES string of the molecule is COC(=O)c1ccccc1NC(=O)Cc1ccc(Oc2ccc(OCc3ccccc3)c(C)c2)nc1. The van der Waals surface area contributed by atoms with Crippen LogP contribution >= 0.6 is 0 Å². The van der Waals surface area contributed by atoms with Gasteiger partial charge in [-0.1, -0.05) is 48.5 Å². The highest BCUT2D eigenvalue weighted by molar-refractivity contribution is 6.01. The van der Waals surface area contributed by atoms with Gasteiger partial charge >= 0.3 is 5.97 Å². The van der Waals surface area contributed by atoms with Gasteiger partial charge in [-0.3, -0.25) is 4.79 Å². The molecule has 7 heteroatoms. The predicted octanol–water partition coefficient (Wildman–Crippen LogP) is 5.73. The fraction of sp³-hybridized carbons (Fsp3) is 0.138. The maximum absolute atomic E-state index is 12.5. The van der Waals surface area contributed by atoms with Crippen LogP contribution in [0.2, 0.25) is 0 Å². The number of para-hydroxylation sites is 1. The quantitative estimate of drug-likeness (QED) is 0.307. The lowest BCUT2D eigenvalue weighted by Gasteiger charge is -2.12. The average Bonchev–Trinajstić information content (AvgIpc) is 2.90. The Morgan fingerprint density at radius 2 is 1.67 bits per heavy atom. The molecule has 0 aliphatic heterocycles. The van der Waals surface area contributed by atoms with E-state index in [1.807, 2.05) is 55.5 Å². The topological polar surface area (TPSA) is 86.8 Å². The number of carbonyl (C=O) groups is 2. The number of anilines is 1. The molecule has 1 amide bonds. The summed E-state index contributed by atoms with van der Waals surface area (Å²) >= 11 is 0. The number of aryl methyl sites for hydroxylation is 1. The summed E-state index contributed by atoms with van der Waals surface area (Å²) in [5.41, 5.74) is 3.44. The van der Waals surface area contributed by atoms with Gasteiger partial charge in [-0.25, -0.2) is 9.78 Å². The third kappa shape index (κ3) is 6.48. The van der Waals surface area contributed by atoms with Gasteiger partial charge in [0.1, 0.15) is 18.1 Å². The molecule has 4 aromatic rings. The Balaban J connectivity index is 1.33. The number of rotatable bonds is 9. The fourth-order valence-corrected chi connectivity index (χ4v) is 3.54. The molecule has 0 radical (unpaired) electrons. The number of hydrogen-bond donors (Lipinski definition) is 1. The van der Waals surface area contributed by atoms with Crippen molar-refractivity contribution in [2.75, 3.05) is 12.4 Å². The standard InChI is InChI=1S/C29H26N2O5/c1-20-16-23(13-14-26(20)35-19-21-8-4-3-5-9-21)36-28-15-12-22(18-30-28)17-27(32)31-25-11-7-6-10-24(25)29(33)34-2/h3-16,18H,17,19H2,1-2H3,(H,31,32). The van der Waals surface area contributed by atoms with Crippen LogP contribution < -0.4 is 14.8 Å². The molecule has 0 spiro atoms. The lowest BCUT2D eigenvalue weighted by atomic mass is 10.1. The van der Waals surface area contributed by atoms with Crippen molar-refractivity contribution in [1.82, 2.24) is 4.98 Å². The van der Waals surface area contributed by atoms with Crippen LogP contribution in [0.25, 0.3) is 0 Å². The zero-order valence-corrected chi connectivity index (χ0v) is 20.1. The van der Waals surface area contributed by atoms with Gasteiger partial charge in [0, 0.05) is 12.3 Å². The van der Waals surface area contributed by atoms with Crippen LogP contribution in [-0.2, 0) is 22.6 Å². The van der Waals surface area contributed by atoms with E-state index >= 15 is 0 Å². The molecule has 1 heterocycles. The molecule has 0 unspecified atom stereocenters. The summed E-state index contributed by atoms with van der Waals surface area (Å²) in [5, 5.41) is 2.75. The predicted molar refractivity (Wildman–Crippen MR) is 136 cm³/mol. The van der Waals surface area contributed by atoms with Crippen molar-refractivity contribution in [2.45, 2.75) is 20.0 Å². The summed E-state index contributed by atoms with van der Waals surface area (Å²) in [7, 11) is 1.30. The molecule has 0 atom stereocenters. The number of aromatic nitrogens is 1.